The summed E-state index contributed by atoms with van der Waals surface area (Å²) >= 11 is 2.84. The topological polar surface area (TPSA) is 76.9 Å². The molecule has 0 fully saturated rings. The van der Waals surface area contributed by atoms with Crippen LogP contribution in [0.5, 0.6) is 0 Å². The van der Waals surface area contributed by atoms with Crippen LogP contribution in [0.2, 0.25) is 0 Å². The number of rotatable bonds is 7. The lowest BCUT2D eigenvalue weighted by molar-refractivity contribution is -0.116. The van der Waals surface area contributed by atoms with Crippen LogP contribution in [0.25, 0.3) is 10.7 Å². The lowest BCUT2D eigenvalue weighted by Gasteiger charge is -2.01. The Morgan fingerprint density at radius 2 is 2.16 bits per heavy atom. The number of hydrogen-bond acceptors (Lipinski definition) is 6. The lowest BCUT2D eigenvalue weighted by Crippen LogP contribution is -2.11. The van der Waals surface area contributed by atoms with Gasteiger partial charge in [-0.1, -0.05) is 17.4 Å². The van der Waals surface area contributed by atoms with E-state index in [1.165, 1.54) is 22.7 Å². The van der Waals surface area contributed by atoms with Gasteiger partial charge in [-0.15, -0.1) is 11.3 Å². The van der Waals surface area contributed by atoms with Gasteiger partial charge in [-0.2, -0.15) is 0 Å². The van der Waals surface area contributed by atoms with Crippen LogP contribution in [0, 0.1) is 6.92 Å². The van der Waals surface area contributed by atoms with Gasteiger partial charge in [-0.05, 0) is 24.8 Å². The number of nitrogens with one attached hydrogen (secondary N) is 1. The molecule has 3 rings (SSSR count). The van der Waals surface area contributed by atoms with Gasteiger partial charge < -0.3 is 9.88 Å². The number of nitrogens with zero attached hydrogens (tertiary/aromatic N) is 3. The molecule has 1 N–H and O–H groups in total. The van der Waals surface area contributed by atoms with Crippen LogP contribution in [-0.2, 0) is 11.8 Å². The second kappa shape index (κ2) is 7.71. The van der Waals surface area contributed by atoms with Crippen molar-refractivity contribution >= 4 is 39.5 Å². The van der Waals surface area contributed by atoms with Gasteiger partial charge in [0.15, 0.2) is 16.7 Å². The van der Waals surface area contributed by atoms with Gasteiger partial charge in [0.25, 0.3) is 0 Å². The van der Waals surface area contributed by atoms with Gasteiger partial charge in [0, 0.05) is 32.3 Å². The summed E-state index contributed by atoms with van der Waals surface area (Å²) in [4.78, 5) is 34.4. The molecule has 0 saturated heterocycles. The number of amides is 1. The number of ketones is 1. The third kappa shape index (κ3) is 4.21. The number of thiophene rings is 1. The van der Waals surface area contributed by atoms with Crippen molar-refractivity contribution < 1.29 is 9.59 Å². The Hall–Kier alpha value is -2.32. The molecule has 0 aromatic carbocycles. The van der Waals surface area contributed by atoms with Gasteiger partial charge >= 0.3 is 0 Å². The number of carbonyl (C=O) groups is 2. The highest BCUT2D eigenvalue weighted by molar-refractivity contribution is 7.19. The predicted molar refractivity (Wildman–Crippen MR) is 100 cm³/mol. The monoisotopic (exact) mass is 374 g/mol. The van der Waals surface area contributed by atoms with E-state index in [-0.39, 0.29) is 11.7 Å². The Morgan fingerprint density at radius 3 is 2.84 bits per heavy atom. The molecule has 3 aromatic heterocycles. The first-order chi connectivity index (χ1) is 12.0. The standard InChI is InChI=1S/C17H18N4O2S2/c1-11-15(16-18-8-9-21(16)2)25-17(19-11)20-14(23)7-3-5-12(22)13-6-4-10-24-13/h4,6,8-10H,3,5,7H2,1-2H3,(H,19,20,23). The third-order valence-corrected chi connectivity index (χ3v) is 5.65. The van der Waals surface area contributed by atoms with E-state index in [9.17, 15) is 9.59 Å². The Morgan fingerprint density at radius 1 is 1.32 bits per heavy atom. The minimum atomic E-state index is -0.126. The Kier molecular flexibility index (Phi) is 5.40. The lowest BCUT2D eigenvalue weighted by atomic mass is 10.1. The highest BCUT2D eigenvalue weighted by Gasteiger charge is 2.15. The molecule has 0 atom stereocenters. The van der Waals surface area contributed by atoms with E-state index in [0.717, 1.165) is 21.3 Å². The van der Waals surface area contributed by atoms with Gasteiger partial charge in [0.2, 0.25) is 5.91 Å². The maximum absolute atomic E-state index is 12.1. The van der Waals surface area contributed by atoms with Crippen molar-refractivity contribution in [2.75, 3.05) is 5.32 Å². The van der Waals surface area contributed by atoms with E-state index in [0.29, 0.717) is 24.4 Å². The largest absolute Gasteiger partial charge is 0.333 e. The summed E-state index contributed by atoms with van der Waals surface area (Å²) in [5.41, 5.74) is 0.836. The van der Waals surface area contributed by atoms with Crippen molar-refractivity contribution in [1.82, 2.24) is 14.5 Å². The summed E-state index contributed by atoms with van der Waals surface area (Å²) in [6.45, 7) is 1.90. The van der Waals surface area contributed by atoms with E-state index in [1.807, 2.05) is 42.2 Å². The third-order valence-electron chi connectivity index (χ3n) is 3.67. The fourth-order valence-corrected chi connectivity index (χ4v) is 4.11. The molecule has 0 spiro atoms. The van der Waals surface area contributed by atoms with Crippen LogP contribution in [0.3, 0.4) is 0 Å². The second-order valence-electron chi connectivity index (χ2n) is 5.60. The van der Waals surface area contributed by atoms with Crippen molar-refractivity contribution in [3.05, 3.63) is 40.5 Å². The molecular weight excluding hydrogens is 356 g/mol. The molecule has 0 aliphatic carbocycles. The molecule has 3 heterocycles. The molecule has 8 heteroatoms. The summed E-state index contributed by atoms with van der Waals surface area (Å²) in [5.74, 6) is 0.793. The number of anilines is 1. The van der Waals surface area contributed by atoms with E-state index in [4.69, 9.17) is 0 Å². The Bertz CT molecular complexity index is 880. The van der Waals surface area contributed by atoms with Gasteiger partial charge in [-0.25, -0.2) is 9.97 Å². The average molecular weight is 374 g/mol. The zero-order valence-corrected chi connectivity index (χ0v) is 15.6. The maximum Gasteiger partial charge on any atom is 0.226 e. The van der Waals surface area contributed by atoms with Crippen LogP contribution < -0.4 is 5.32 Å². The van der Waals surface area contributed by atoms with E-state index >= 15 is 0 Å². The smallest absolute Gasteiger partial charge is 0.226 e. The molecule has 0 aliphatic heterocycles. The fourth-order valence-electron chi connectivity index (χ4n) is 2.39. The fraction of sp³-hybridized carbons (Fsp3) is 0.294. The number of Topliss-reactive ketones (excluding diaryl/α,β-unsaturated/α-hetero) is 1. The molecule has 0 radical (unpaired) electrons. The first-order valence-electron chi connectivity index (χ1n) is 7.86. The molecule has 25 heavy (non-hydrogen) atoms. The summed E-state index contributed by atoms with van der Waals surface area (Å²) in [6.07, 6.45) is 4.81. The summed E-state index contributed by atoms with van der Waals surface area (Å²) in [7, 11) is 1.92. The Labute approximate surface area is 153 Å². The number of thiazole rings is 1. The number of carbonyl (C=O) groups excluding carboxylic acids is 2. The first-order valence-corrected chi connectivity index (χ1v) is 9.56. The SMILES string of the molecule is Cc1nc(NC(=O)CCCC(=O)c2cccs2)sc1-c1nccn1C. The number of aromatic nitrogens is 3. The molecule has 0 bridgehead atoms. The number of aryl methyl sites for hydroxylation is 2. The van der Waals surface area contributed by atoms with Crippen molar-refractivity contribution in [1.29, 1.82) is 0 Å². The quantitative estimate of drug-likeness (QED) is 0.636. The van der Waals surface area contributed by atoms with Crippen molar-refractivity contribution in [3.63, 3.8) is 0 Å². The van der Waals surface area contributed by atoms with E-state index in [1.54, 1.807) is 6.20 Å². The zero-order valence-electron chi connectivity index (χ0n) is 14.0. The van der Waals surface area contributed by atoms with Crippen LogP contribution in [0.4, 0.5) is 5.13 Å². The van der Waals surface area contributed by atoms with Crippen LogP contribution >= 0.6 is 22.7 Å². The molecule has 3 aromatic rings. The molecule has 0 aliphatic rings. The van der Waals surface area contributed by atoms with Crippen molar-refractivity contribution in [2.45, 2.75) is 26.2 Å². The summed E-state index contributed by atoms with van der Waals surface area (Å²) in [5, 5.41) is 5.25. The highest BCUT2D eigenvalue weighted by Crippen LogP contribution is 2.31. The summed E-state index contributed by atoms with van der Waals surface area (Å²) in [6, 6.07) is 3.67. The van der Waals surface area contributed by atoms with E-state index in [2.05, 4.69) is 15.3 Å². The molecule has 6 nitrogen and oxygen atoms in total. The van der Waals surface area contributed by atoms with Crippen LogP contribution in [0.1, 0.15) is 34.6 Å². The van der Waals surface area contributed by atoms with Gasteiger partial charge in [-0.3, -0.25) is 9.59 Å². The van der Waals surface area contributed by atoms with Crippen molar-refractivity contribution in [2.24, 2.45) is 7.05 Å². The summed E-state index contributed by atoms with van der Waals surface area (Å²) < 4.78 is 1.92. The predicted octanol–water partition coefficient (Wildman–Crippen LogP) is 3.91. The molecule has 1 amide bonds. The molecular formula is C17H18N4O2S2. The second-order valence-corrected chi connectivity index (χ2v) is 7.54. The van der Waals surface area contributed by atoms with Gasteiger partial charge in [0.1, 0.15) is 0 Å². The highest BCUT2D eigenvalue weighted by atomic mass is 32.1. The van der Waals surface area contributed by atoms with Crippen LogP contribution in [-0.4, -0.2) is 26.2 Å². The average Bonchev–Trinajstić information content (AvgIpc) is 3.29. The van der Waals surface area contributed by atoms with Crippen molar-refractivity contribution in [3.8, 4) is 10.7 Å². The molecule has 0 saturated carbocycles. The Balaban J connectivity index is 1.53. The van der Waals surface area contributed by atoms with Gasteiger partial charge in [0.05, 0.1) is 15.4 Å². The molecule has 130 valence electrons. The van der Waals surface area contributed by atoms with E-state index < -0.39 is 0 Å². The number of hydrogen-bond donors (Lipinski definition) is 1. The molecule has 0 unspecified atom stereocenters. The normalized spacial score (nSPS) is 10.8. The minimum Gasteiger partial charge on any atom is -0.333 e. The maximum atomic E-state index is 12.1. The zero-order chi connectivity index (χ0) is 17.8. The number of imidazole rings is 1. The van der Waals surface area contributed by atoms with Crippen LogP contribution in [0.15, 0.2) is 29.9 Å². The first kappa shape index (κ1) is 17.5. The minimum absolute atomic E-state index is 0.0879.